The zero-order valence-electron chi connectivity index (χ0n) is 13.1. The van der Waals surface area contributed by atoms with Gasteiger partial charge in [0.05, 0.1) is 6.04 Å². The second kappa shape index (κ2) is 7.55. The second-order valence-corrected chi connectivity index (χ2v) is 6.08. The Bertz CT molecular complexity index is 706. The van der Waals surface area contributed by atoms with Crippen LogP contribution in [0.4, 0.5) is 0 Å². The molecule has 6 heteroatoms. The Morgan fingerprint density at radius 2 is 2.08 bits per heavy atom. The average Bonchev–Trinajstić information content (AvgIpc) is 2.61. The van der Waals surface area contributed by atoms with Crippen LogP contribution in [-0.2, 0) is 4.79 Å². The van der Waals surface area contributed by atoms with Crippen molar-refractivity contribution in [3.05, 3.63) is 59.1 Å². The molecule has 2 aromatic rings. The monoisotopic (exact) mass is 346 g/mol. The van der Waals surface area contributed by atoms with Crippen LogP contribution >= 0.6 is 11.6 Å². The molecule has 2 N–H and O–H groups in total. The molecule has 2 aromatic carbocycles. The van der Waals surface area contributed by atoms with E-state index in [-0.39, 0.29) is 24.3 Å². The summed E-state index contributed by atoms with van der Waals surface area (Å²) in [4.78, 5) is 14.4. The van der Waals surface area contributed by atoms with E-state index in [4.69, 9.17) is 16.3 Å². The maximum absolute atomic E-state index is 12.6. The summed E-state index contributed by atoms with van der Waals surface area (Å²) in [5.41, 5.74) is 1.01. The van der Waals surface area contributed by atoms with Crippen molar-refractivity contribution in [1.82, 2.24) is 10.2 Å². The van der Waals surface area contributed by atoms with Crippen molar-refractivity contribution in [2.24, 2.45) is 0 Å². The van der Waals surface area contributed by atoms with Crippen LogP contribution in [0.15, 0.2) is 48.5 Å². The van der Waals surface area contributed by atoms with Gasteiger partial charge >= 0.3 is 0 Å². The molecular weight excluding hydrogens is 328 g/mol. The smallest absolute Gasteiger partial charge is 0.261 e. The molecule has 1 atom stereocenters. The number of nitrogens with zero attached hydrogens (tertiary/aromatic N) is 1. The number of phenols is 1. The zero-order chi connectivity index (χ0) is 16.9. The quantitative estimate of drug-likeness (QED) is 0.893. The number of aromatic hydroxyl groups is 1. The van der Waals surface area contributed by atoms with Crippen molar-refractivity contribution in [2.75, 3.05) is 26.2 Å². The maximum Gasteiger partial charge on any atom is 0.261 e. The number of halogens is 1. The van der Waals surface area contributed by atoms with Crippen LogP contribution in [0.5, 0.6) is 11.5 Å². The Kier molecular flexibility index (Phi) is 5.23. The topological polar surface area (TPSA) is 61.8 Å². The van der Waals surface area contributed by atoms with E-state index in [1.54, 1.807) is 12.1 Å². The first-order chi connectivity index (χ1) is 11.6. The van der Waals surface area contributed by atoms with E-state index in [9.17, 15) is 9.90 Å². The lowest BCUT2D eigenvalue weighted by Crippen LogP contribution is -2.50. The molecule has 3 rings (SSSR count). The van der Waals surface area contributed by atoms with E-state index in [1.807, 2.05) is 29.2 Å². The molecule has 0 bridgehead atoms. The molecule has 0 aromatic heterocycles. The summed E-state index contributed by atoms with van der Waals surface area (Å²) in [5, 5.41) is 13.2. The van der Waals surface area contributed by atoms with Crippen LogP contribution < -0.4 is 10.1 Å². The molecule has 1 heterocycles. The minimum absolute atomic E-state index is 0.0398. The van der Waals surface area contributed by atoms with Crippen LogP contribution in [-0.4, -0.2) is 42.2 Å². The van der Waals surface area contributed by atoms with Gasteiger partial charge in [-0.05, 0) is 42.0 Å². The fraction of sp³-hybridized carbons (Fsp3) is 0.278. The van der Waals surface area contributed by atoms with Crippen LogP contribution in [0.3, 0.4) is 0 Å². The molecule has 126 valence electrons. The third-order valence-corrected chi connectivity index (χ3v) is 4.23. The zero-order valence-corrected chi connectivity index (χ0v) is 13.9. The van der Waals surface area contributed by atoms with Crippen molar-refractivity contribution in [3.63, 3.8) is 0 Å². The molecule has 0 saturated carbocycles. The number of piperazine rings is 1. The molecule has 0 aliphatic carbocycles. The first-order valence-electron chi connectivity index (χ1n) is 7.81. The summed E-state index contributed by atoms with van der Waals surface area (Å²) < 4.78 is 5.54. The molecule has 1 fully saturated rings. The molecule has 1 unspecified atom stereocenters. The van der Waals surface area contributed by atoms with Gasteiger partial charge in [0, 0.05) is 24.7 Å². The molecule has 0 radical (unpaired) electrons. The number of carbonyl (C=O) groups excluding carboxylic acids is 1. The van der Waals surface area contributed by atoms with E-state index >= 15 is 0 Å². The first-order valence-corrected chi connectivity index (χ1v) is 8.19. The summed E-state index contributed by atoms with van der Waals surface area (Å²) in [6.07, 6.45) is 0. The van der Waals surface area contributed by atoms with Crippen molar-refractivity contribution < 1.29 is 14.6 Å². The van der Waals surface area contributed by atoms with Crippen molar-refractivity contribution in [1.29, 1.82) is 0 Å². The van der Waals surface area contributed by atoms with E-state index < -0.39 is 0 Å². The number of rotatable bonds is 4. The molecular formula is C18H19ClN2O3. The maximum atomic E-state index is 12.6. The SMILES string of the molecule is O=C(COc1ccc(O)cc1)N1CCNCC1c1cccc(Cl)c1. The highest BCUT2D eigenvalue weighted by Crippen LogP contribution is 2.25. The number of phenolic OH excluding ortho intramolecular Hbond substituents is 1. The highest BCUT2D eigenvalue weighted by atomic mass is 35.5. The predicted octanol–water partition coefficient (Wildman–Crippen LogP) is 2.60. The van der Waals surface area contributed by atoms with Crippen LogP contribution in [0.1, 0.15) is 11.6 Å². The normalized spacial score (nSPS) is 17.5. The second-order valence-electron chi connectivity index (χ2n) is 5.64. The standard InChI is InChI=1S/C18H19ClN2O3/c19-14-3-1-2-13(10-14)17-11-20-8-9-21(17)18(23)12-24-16-6-4-15(22)5-7-16/h1-7,10,17,20,22H,8-9,11-12H2. The van der Waals surface area contributed by atoms with Gasteiger partial charge in [-0.15, -0.1) is 0 Å². The lowest BCUT2D eigenvalue weighted by atomic mass is 10.0. The summed E-state index contributed by atoms with van der Waals surface area (Å²) in [5.74, 6) is 0.641. The molecule has 5 nitrogen and oxygen atoms in total. The minimum atomic E-state index is -0.0745. The first kappa shape index (κ1) is 16.6. The lowest BCUT2D eigenvalue weighted by Gasteiger charge is -2.36. The van der Waals surface area contributed by atoms with E-state index in [1.165, 1.54) is 12.1 Å². The predicted molar refractivity (Wildman–Crippen MR) is 92.4 cm³/mol. The van der Waals surface area contributed by atoms with Gasteiger partial charge in [0.1, 0.15) is 11.5 Å². The number of ether oxygens (including phenoxy) is 1. The highest BCUT2D eigenvalue weighted by Gasteiger charge is 2.28. The largest absolute Gasteiger partial charge is 0.508 e. The fourth-order valence-corrected chi connectivity index (χ4v) is 2.98. The Morgan fingerprint density at radius 3 is 2.83 bits per heavy atom. The fourth-order valence-electron chi connectivity index (χ4n) is 2.78. The van der Waals surface area contributed by atoms with Gasteiger partial charge in [-0.25, -0.2) is 0 Å². The Hall–Kier alpha value is -2.24. The molecule has 1 saturated heterocycles. The summed E-state index contributed by atoms with van der Waals surface area (Å²) in [6, 6.07) is 13.8. The number of amides is 1. The van der Waals surface area contributed by atoms with E-state index in [0.717, 1.165) is 12.1 Å². The Morgan fingerprint density at radius 1 is 1.29 bits per heavy atom. The van der Waals surface area contributed by atoms with Crippen LogP contribution in [0, 0.1) is 0 Å². The Labute approximate surface area is 145 Å². The van der Waals surface area contributed by atoms with Gasteiger partial charge in [0.15, 0.2) is 6.61 Å². The summed E-state index contributed by atoms with van der Waals surface area (Å²) >= 11 is 6.08. The van der Waals surface area contributed by atoms with Gasteiger partial charge in [-0.2, -0.15) is 0 Å². The molecule has 0 spiro atoms. The van der Waals surface area contributed by atoms with E-state index in [2.05, 4.69) is 5.32 Å². The van der Waals surface area contributed by atoms with Crippen LogP contribution in [0.25, 0.3) is 0 Å². The van der Waals surface area contributed by atoms with Crippen LogP contribution in [0.2, 0.25) is 5.02 Å². The van der Waals surface area contributed by atoms with Gasteiger partial charge < -0.3 is 20.1 Å². The summed E-state index contributed by atoms with van der Waals surface area (Å²) in [6.45, 7) is 2.02. The van der Waals surface area contributed by atoms with E-state index in [0.29, 0.717) is 23.9 Å². The van der Waals surface area contributed by atoms with Crippen molar-refractivity contribution in [3.8, 4) is 11.5 Å². The third-order valence-electron chi connectivity index (χ3n) is 4.00. The third kappa shape index (κ3) is 3.99. The number of hydrogen-bond donors (Lipinski definition) is 2. The number of carbonyl (C=O) groups is 1. The molecule has 1 aliphatic rings. The van der Waals surface area contributed by atoms with Gasteiger partial charge in [-0.1, -0.05) is 23.7 Å². The number of nitrogens with one attached hydrogen (secondary N) is 1. The molecule has 1 aliphatic heterocycles. The van der Waals surface area contributed by atoms with Gasteiger partial charge in [-0.3, -0.25) is 4.79 Å². The van der Waals surface area contributed by atoms with Gasteiger partial charge in [0.2, 0.25) is 0 Å². The molecule has 1 amide bonds. The number of benzene rings is 2. The van der Waals surface area contributed by atoms with Crippen molar-refractivity contribution >= 4 is 17.5 Å². The minimum Gasteiger partial charge on any atom is -0.508 e. The highest BCUT2D eigenvalue weighted by molar-refractivity contribution is 6.30. The number of hydrogen-bond acceptors (Lipinski definition) is 4. The summed E-state index contributed by atoms with van der Waals surface area (Å²) in [7, 11) is 0. The lowest BCUT2D eigenvalue weighted by molar-refractivity contribution is -0.136. The molecule has 24 heavy (non-hydrogen) atoms. The average molecular weight is 347 g/mol. The Balaban J connectivity index is 1.68. The van der Waals surface area contributed by atoms with Gasteiger partial charge in [0.25, 0.3) is 5.91 Å². The van der Waals surface area contributed by atoms with Crippen molar-refractivity contribution in [2.45, 2.75) is 6.04 Å².